The highest BCUT2D eigenvalue weighted by Crippen LogP contribution is 2.24. The molecule has 0 fully saturated rings. The second-order valence-corrected chi connectivity index (χ2v) is 6.96. The first-order valence-electron chi connectivity index (χ1n) is 8.58. The molecule has 4 aromatic rings. The zero-order valence-corrected chi connectivity index (χ0v) is 16.7. The van der Waals surface area contributed by atoms with Crippen molar-refractivity contribution in [1.82, 2.24) is 10.1 Å². The zero-order chi connectivity index (χ0) is 21.1. The quantitative estimate of drug-likeness (QED) is 0.124. The van der Waals surface area contributed by atoms with Crippen molar-refractivity contribution in [2.75, 3.05) is 16.0 Å². The second-order valence-electron chi connectivity index (χ2n) is 6.10. The molecular weight excluding hydrogens is 459 g/mol. The highest BCUT2D eigenvalue weighted by molar-refractivity contribution is 9.10. The lowest BCUT2D eigenvalue weighted by Gasteiger charge is -2.10. The van der Waals surface area contributed by atoms with E-state index < -0.39 is 11.8 Å². The first-order valence-corrected chi connectivity index (χ1v) is 9.37. The summed E-state index contributed by atoms with van der Waals surface area (Å²) in [5, 5.41) is 25.3. The minimum absolute atomic E-state index is 0.0234. The summed E-state index contributed by atoms with van der Waals surface area (Å²) in [5.41, 5.74) is 2.10. The molecule has 11 heteroatoms. The second kappa shape index (κ2) is 8.25. The van der Waals surface area contributed by atoms with Crippen molar-refractivity contribution in [2.24, 2.45) is 5.16 Å². The van der Waals surface area contributed by atoms with Gasteiger partial charge in [0.15, 0.2) is 11.7 Å². The molecule has 152 valence electrons. The van der Waals surface area contributed by atoms with Crippen LogP contribution in [0.5, 0.6) is 0 Å². The van der Waals surface area contributed by atoms with Gasteiger partial charge in [-0.15, -0.1) is 0 Å². The van der Waals surface area contributed by atoms with Crippen LogP contribution in [0.2, 0.25) is 0 Å². The van der Waals surface area contributed by atoms with Crippen LogP contribution in [0, 0.1) is 5.82 Å². The fraction of sp³-hybridized carbons (Fsp3) is 0. The van der Waals surface area contributed by atoms with Gasteiger partial charge in [-0.25, -0.2) is 9.18 Å². The SMILES string of the molecule is O=C(Nc1nocc1/C(=N/O)Nc1ccc(F)c(Br)c1)Nc1cccc2[nH]ccc12. The number of urea groups is 1. The molecule has 2 aromatic carbocycles. The van der Waals surface area contributed by atoms with Gasteiger partial charge in [0.1, 0.15) is 17.6 Å². The first-order chi connectivity index (χ1) is 14.5. The van der Waals surface area contributed by atoms with Crippen molar-refractivity contribution >= 4 is 55.9 Å². The third kappa shape index (κ3) is 3.96. The number of hydrogen-bond acceptors (Lipinski definition) is 5. The number of anilines is 3. The van der Waals surface area contributed by atoms with Gasteiger partial charge in [0, 0.05) is 22.8 Å². The van der Waals surface area contributed by atoms with Gasteiger partial charge in [0.25, 0.3) is 0 Å². The highest BCUT2D eigenvalue weighted by Gasteiger charge is 2.18. The van der Waals surface area contributed by atoms with Gasteiger partial charge in [-0.1, -0.05) is 16.4 Å². The van der Waals surface area contributed by atoms with E-state index in [2.05, 4.69) is 47.2 Å². The summed E-state index contributed by atoms with van der Waals surface area (Å²) in [5.74, 6) is -0.475. The average Bonchev–Trinajstić information content (AvgIpc) is 3.39. The molecule has 0 aliphatic rings. The first kappa shape index (κ1) is 19.5. The molecule has 2 amide bonds. The van der Waals surface area contributed by atoms with Gasteiger partial charge >= 0.3 is 6.03 Å². The van der Waals surface area contributed by atoms with E-state index in [9.17, 15) is 14.4 Å². The lowest BCUT2D eigenvalue weighted by molar-refractivity contribution is 0.262. The Balaban J connectivity index is 1.51. The molecule has 0 aliphatic carbocycles. The number of oxime groups is 1. The molecule has 0 aliphatic heterocycles. The summed E-state index contributed by atoms with van der Waals surface area (Å²) in [6.07, 6.45) is 2.97. The van der Waals surface area contributed by atoms with Gasteiger partial charge in [0.05, 0.1) is 10.2 Å². The Morgan fingerprint density at radius 2 is 2.07 bits per heavy atom. The minimum Gasteiger partial charge on any atom is -0.409 e. The molecule has 9 nitrogen and oxygen atoms in total. The lowest BCUT2D eigenvalue weighted by Crippen LogP contribution is -2.22. The Labute approximate surface area is 177 Å². The van der Waals surface area contributed by atoms with Crippen molar-refractivity contribution in [3.05, 3.63) is 70.8 Å². The van der Waals surface area contributed by atoms with E-state index in [1.165, 1.54) is 24.5 Å². The van der Waals surface area contributed by atoms with Crippen LogP contribution in [0.4, 0.5) is 26.4 Å². The molecule has 0 saturated heterocycles. The number of hydrogen-bond donors (Lipinski definition) is 5. The number of halogens is 2. The molecular formula is C19H14BrFN6O3. The number of carbonyl (C=O) groups excluding carboxylic acids is 1. The Hall–Kier alpha value is -3.86. The van der Waals surface area contributed by atoms with Crippen molar-refractivity contribution in [1.29, 1.82) is 0 Å². The van der Waals surface area contributed by atoms with Crippen molar-refractivity contribution in [3.63, 3.8) is 0 Å². The number of fused-ring (bicyclic) bond motifs is 1. The molecule has 0 unspecified atom stereocenters. The van der Waals surface area contributed by atoms with Gasteiger partial charge in [-0.05, 0) is 52.3 Å². The number of nitrogens with zero attached hydrogens (tertiary/aromatic N) is 2. The maximum Gasteiger partial charge on any atom is 0.324 e. The van der Waals surface area contributed by atoms with E-state index in [1.54, 1.807) is 18.3 Å². The number of amides is 2. The van der Waals surface area contributed by atoms with Crippen LogP contribution >= 0.6 is 15.9 Å². The van der Waals surface area contributed by atoms with Crippen LogP contribution in [0.3, 0.4) is 0 Å². The number of benzene rings is 2. The molecule has 5 N–H and O–H groups in total. The third-order valence-electron chi connectivity index (χ3n) is 4.18. The molecule has 0 saturated carbocycles. The van der Waals surface area contributed by atoms with Crippen LogP contribution in [0.15, 0.2) is 69.1 Å². The number of aromatic amines is 1. The molecule has 0 radical (unpaired) electrons. The van der Waals surface area contributed by atoms with Gasteiger partial charge in [-0.2, -0.15) is 0 Å². The largest absolute Gasteiger partial charge is 0.409 e. The van der Waals surface area contributed by atoms with Crippen molar-refractivity contribution in [3.8, 4) is 0 Å². The summed E-state index contributed by atoms with van der Waals surface area (Å²) >= 11 is 3.08. The fourth-order valence-electron chi connectivity index (χ4n) is 2.81. The van der Waals surface area contributed by atoms with Crippen LogP contribution in [0.25, 0.3) is 10.9 Å². The lowest BCUT2D eigenvalue weighted by atomic mass is 10.2. The number of nitrogens with one attached hydrogen (secondary N) is 4. The van der Waals surface area contributed by atoms with Crippen LogP contribution < -0.4 is 16.0 Å². The summed E-state index contributed by atoms with van der Waals surface area (Å²) in [6, 6.07) is 10.9. The summed E-state index contributed by atoms with van der Waals surface area (Å²) in [7, 11) is 0. The smallest absolute Gasteiger partial charge is 0.324 e. The normalized spacial score (nSPS) is 11.5. The number of H-pyrrole nitrogens is 1. The molecule has 4 rings (SSSR count). The third-order valence-corrected chi connectivity index (χ3v) is 4.79. The van der Waals surface area contributed by atoms with Gasteiger partial charge in [0.2, 0.25) is 0 Å². The maximum absolute atomic E-state index is 13.4. The fourth-order valence-corrected chi connectivity index (χ4v) is 3.19. The number of rotatable bonds is 4. The monoisotopic (exact) mass is 472 g/mol. The maximum atomic E-state index is 13.4. The van der Waals surface area contributed by atoms with Gasteiger partial charge < -0.3 is 25.3 Å². The topological polar surface area (TPSA) is 128 Å². The van der Waals surface area contributed by atoms with Crippen LogP contribution in [-0.4, -0.2) is 27.2 Å². The summed E-state index contributed by atoms with van der Waals surface area (Å²) in [6.45, 7) is 0. The zero-order valence-electron chi connectivity index (χ0n) is 15.1. The van der Waals surface area contributed by atoms with Crippen LogP contribution in [-0.2, 0) is 0 Å². The Morgan fingerprint density at radius 3 is 2.87 bits per heavy atom. The van der Waals surface area contributed by atoms with Crippen molar-refractivity contribution < 1.29 is 18.9 Å². The molecule has 0 atom stereocenters. The van der Waals surface area contributed by atoms with Gasteiger partial charge in [-0.3, -0.25) is 5.32 Å². The van der Waals surface area contributed by atoms with E-state index in [4.69, 9.17) is 4.52 Å². The van der Waals surface area contributed by atoms with E-state index in [0.29, 0.717) is 11.4 Å². The Morgan fingerprint density at radius 1 is 1.20 bits per heavy atom. The highest BCUT2D eigenvalue weighted by atomic mass is 79.9. The minimum atomic E-state index is -0.569. The van der Waals surface area contributed by atoms with Crippen LogP contribution in [0.1, 0.15) is 5.56 Å². The molecule has 0 spiro atoms. The number of carbonyl (C=O) groups is 1. The Kier molecular flexibility index (Phi) is 5.35. The van der Waals surface area contributed by atoms with E-state index in [1.807, 2.05) is 12.1 Å². The summed E-state index contributed by atoms with van der Waals surface area (Å²) in [4.78, 5) is 15.5. The van der Waals surface area contributed by atoms with E-state index >= 15 is 0 Å². The molecule has 30 heavy (non-hydrogen) atoms. The average molecular weight is 473 g/mol. The molecule has 2 aromatic heterocycles. The Bertz CT molecular complexity index is 1250. The summed E-state index contributed by atoms with van der Waals surface area (Å²) < 4.78 is 18.6. The molecule has 0 bridgehead atoms. The molecule has 2 heterocycles. The van der Waals surface area contributed by atoms with E-state index in [0.717, 1.165) is 10.9 Å². The predicted octanol–water partition coefficient (Wildman–Crippen LogP) is 4.95. The van der Waals surface area contributed by atoms with E-state index in [-0.39, 0.29) is 21.7 Å². The number of aromatic nitrogens is 2. The predicted molar refractivity (Wildman–Crippen MR) is 113 cm³/mol. The van der Waals surface area contributed by atoms with Crippen molar-refractivity contribution in [2.45, 2.75) is 0 Å². The number of amidine groups is 1. The standard InChI is InChI=1S/C19H14BrFN6O3/c20-13-8-10(4-5-14(13)21)23-17(26-29)12-9-30-27-18(12)25-19(28)24-16-3-1-2-15-11(16)6-7-22-15/h1-9,22,29H,(H,23,26)(H2,24,25,27,28).